The van der Waals surface area contributed by atoms with Gasteiger partial charge in [0.2, 0.25) is 0 Å². The molecule has 0 aromatic carbocycles. The molecule has 0 saturated heterocycles. The molecule has 0 aliphatic heterocycles. The predicted molar refractivity (Wildman–Crippen MR) is 40.3 cm³/mol. The van der Waals surface area contributed by atoms with Gasteiger partial charge in [0.05, 0.1) is 0 Å². The summed E-state index contributed by atoms with van der Waals surface area (Å²) in [5.74, 6) is 0. The van der Waals surface area contributed by atoms with Crippen LogP contribution in [-0.2, 0) is 0 Å². The first-order chi connectivity index (χ1) is 6.00. The van der Waals surface area contributed by atoms with Gasteiger partial charge in [-0.3, -0.25) is 0 Å². The molecule has 0 spiro atoms. The summed E-state index contributed by atoms with van der Waals surface area (Å²) in [4.78, 5) is 103. The van der Waals surface area contributed by atoms with Crippen LogP contribution in [0.3, 0.4) is 0 Å². The summed E-state index contributed by atoms with van der Waals surface area (Å²) in [6, 6.07) is 0. The molecule has 19 heavy (non-hydrogen) atoms. The van der Waals surface area contributed by atoms with Crippen molar-refractivity contribution in [3.8, 4) is 0 Å². The van der Waals surface area contributed by atoms with Crippen LogP contribution >= 0.6 is 0 Å². The Morgan fingerprint density at radius 3 is 0.263 bits per heavy atom. The minimum atomic E-state index is -5.61. The van der Waals surface area contributed by atoms with E-state index in [-0.39, 0.29) is 33.7 Å². The average Bonchev–Trinajstić information content (AvgIpc) is 1.41. The van der Waals surface area contributed by atoms with Gasteiger partial charge < -0.3 is 84.7 Å². The van der Waals surface area contributed by atoms with E-state index in [0.29, 0.717) is 0 Å². The van der Waals surface area contributed by atoms with E-state index < -0.39 is 27.1 Å². The Labute approximate surface area is 119 Å². The molecule has 96 valence electrons. The SMILES string of the molecule is [B+3].[B+3].[B+3].[B+3].[O-][Si]([O-])([O-])[O-].[O-][Si]([O-])([O-])[O-].[O-][Si]([O-])([O-])[O-]. The first kappa shape index (κ1) is 42.7. The zero-order valence-corrected chi connectivity index (χ0v) is 11.7. The van der Waals surface area contributed by atoms with Crippen molar-refractivity contribution in [2.75, 3.05) is 0 Å². The number of hydrogen-bond donors (Lipinski definition) is 0. The van der Waals surface area contributed by atoms with Crippen molar-refractivity contribution in [3.05, 3.63) is 0 Å². The summed E-state index contributed by atoms with van der Waals surface area (Å²) in [6.45, 7) is 0. The van der Waals surface area contributed by atoms with E-state index in [9.17, 15) is 0 Å². The molecule has 0 radical (unpaired) electrons. The molecular weight excluding hydrogens is 319 g/mol. The van der Waals surface area contributed by atoms with E-state index in [1.807, 2.05) is 0 Å². The zero-order chi connectivity index (χ0) is 13.5. The third-order valence-corrected chi connectivity index (χ3v) is 0. The second-order valence-electron chi connectivity index (χ2n) is 1.50. The Morgan fingerprint density at radius 2 is 0.263 bits per heavy atom. The fraction of sp³-hybridized carbons (Fsp3) is 0. The summed E-state index contributed by atoms with van der Waals surface area (Å²) >= 11 is 0. The normalized spacial score (nSPS) is 9.47. The predicted octanol–water partition coefficient (Wildman–Crippen LogP) is -16.9. The van der Waals surface area contributed by atoms with Crippen molar-refractivity contribution >= 4 is 60.8 Å². The number of hydrogen-bond acceptors (Lipinski definition) is 12. The van der Waals surface area contributed by atoms with Crippen LogP contribution in [0, 0.1) is 0 Å². The Hall–Kier alpha value is 0.430. The van der Waals surface area contributed by atoms with Crippen LogP contribution < -0.4 is 57.5 Å². The van der Waals surface area contributed by atoms with Gasteiger partial charge >= 0.3 is 33.7 Å². The largest absolute Gasteiger partial charge is 3.00 e. The van der Waals surface area contributed by atoms with Gasteiger partial charge in [0.15, 0.2) is 0 Å². The summed E-state index contributed by atoms with van der Waals surface area (Å²) < 4.78 is 0. The van der Waals surface area contributed by atoms with Crippen LogP contribution in [-0.4, -0.2) is 60.8 Å². The molecule has 0 fully saturated rings. The first-order valence-corrected chi connectivity index (χ1v) is 7.35. The standard InChI is InChI=1S/4B.3O4Si/c;;;;3*1-5(2,3)4/q4*+3;3*-4. The van der Waals surface area contributed by atoms with E-state index in [0.717, 1.165) is 0 Å². The third-order valence-electron chi connectivity index (χ3n) is 0. The Bertz CT molecular complexity index is 100.0. The number of rotatable bonds is 0. The summed E-state index contributed by atoms with van der Waals surface area (Å²) in [7, 11) is -16.8. The average molecular weight is 319 g/mol. The Morgan fingerprint density at radius 1 is 0.263 bits per heavy atom. The van der Waals surface area contributed by atoms with Gasteiger partial charge in [0.25, 0.3) is 0 Å². The van der Waals surface area contributed by atoms with Crippen LogP contribution in [0.5, 0.6) is 0 Å². The molecule has 19 heteroatoms. The summed E-state index contributed by atoms with van der Waals surface area (Å²) in [5, 5.41) is 0. The minimum absolute atomic E-state index is 0. The van der Waals surface area contributed by atoms with Gasteiger partial charge in [0.1, 0.15) is 0 Å². The molecule has 0 atom stereocenters. The monoisotopic (exact) mass is 320 g/mol. The molecule has 0 N–H and O–H groups in total. The molecule has 0 bridgehead atoms. The molecule has 0 heterocycles. The molecule has 0 unspecified atom stereocenters. The van der Waals surface area contributed by atoms with Crippen molar-refractivity contribution in [3.63, 3.8) is 0 Å². The first-order valence-electron chi connectivity index (χ1n) is 2.45. The fourth-order valence-corrected chi connectivity index (χ4v) is 0. The molecule has 0 aliphatic carbocycles. The quantitative estimate of drug-likeness (QED) is 0.376. The molecule has 0 saturated carbocycles. The van der Waals surface area contributed by atoms with E-state index in [4.69, 9.17) is 57.5 Å². The topological polar surface area (TPSA) is 277 Å². The van der Waals surface area contributed by atoms with Gasteiger partial charge in [-0.2, -0.15) is 0 Å². The second kappa shape index (κ2) is 16.5. The maximum Gasteiger partial charge on any atom is 3.00 e. The maximum absolute atomic E-state index is 8.58. The summed E-state index contributed by atoms with van der Waals surface area (Å²) in [5.41, 5.74) is 0. The van der Waals surface area contributed by atoms with Crippen LogP contribution in [0.15, 0.2) is 0 Å². The molecule has 0 aromatic heterocycles. The minimum Gasteiger partial charge on any atom is -0.894 e. The van der Waals surface area contributed by atoms with Crippen molar-refractivity contribution in [1.29, 1.82) is 0 Å². The van der Waals surface area contributed by atoms with Crippen LogP contribution in [0.4, 0.5) is 0 Å². The van der Waals surface area contributed by atoms with Gasteiger partial charge in [-0.15, -0.1) is 0 Å². The van der Waals surface area contributed by atoms with E-state index in [2.05, 4.69) is 0 Å². The van der Waals surface area contributed by atoms with E-state index in [1.54, 1.807) is 0 Å². The van der Waals surface area contributed by atoms with Gasteiger partial charge in [-0.05, 0) is 0 Å². The molecule has 12 nitrogen and oxygen atoms in total. The van der Waals surface area contributed by atoms with Crippen molar-refractivity contribution in [2.45, 2.75) is 0 Å². The molecule has 0 amide bonds. The molecular formula is B4O12Si3. The maximum atomic E-state index is 8.58. The van der Waals surface area contributed by atoms with Crippen molar-refractivity contribution in [2.24, 2.45) is 0 Å². The van der Waals surface area contributed by atoms with Crippen LogP contribution in [0.1, 0.15) is 0 Å². The smallest absolute Gasteiger partial charge is 0.894 e. The molecule has 0 aliphatic rings. The second-order valence-corrected chi connectivity index (χ2v) is 4.50. The van der Waals surface area contributed by atoms with E-state index >= 15 is 0 Å². The zero-order valence-electron chi connectivity index (χ0n) is 8.71. The Kier molecular flexibility index (Phi) is 37.1. The van der Waals surface area contributed by atoms with Gasteiger partial charge in [-0.25, -0.2) is 0 Å². The van der Waals surface area contributed by atoms with Crippen molar-refractivity contribution < 1.29 is 57.5 Å². The summed E-state index contributed by atoms with van der Waals surface area (Å²) in [6.07, 6.45) is 0. The van der Waals surface area contributed by atoms with E-state index in [1.165, 1.54) is 0 Å². The van der Waals surface area contributed by atoms with Crippen molar-refractivity contribution in [1.82, 2.24) is 0 Å². The third kappa shape index (κ3) is 26900. The fourth-order valence-electron chi connectivity index (χ4n) is 0. The van der Waals surface area contributed by atoms with Crippen LogP contribution in [0.2, 0.25) is 0 Å². The van der Waals surface area contributed by atoms with Crippen LogP contribution in [0.25, 0.3) is 0 Å². The molecule has 0 rings (SSSR count). The van der Waals surface area contributed by atoms with Gasteiger partial charge in [0, 0.05) is 0 Å². The van der Waals surface area contributed by atoms with Gasteiger partial charge in [-0.1, -0.05) is 0 Å². The molecule has 0 aromatic rings. The Balaban J connectivity index is -0.0000000206.